The first kappa shape index (κ1) is 25.3. The minimum Gasteiger partial charge on any atom is -0.466 e. The van der Waals surface area contributed by atoms with Crippen molar-refractivity contribution in [3.8, 4) is 0 Å². The largest absolute Gasteiger partial charge is 0.466 e. The molecule has 0 bridgehead atoms. The zero-order chi connectivity index (χ0) is 23.6. The van der Waals surface area contributed by atoms with Gasteiger partial charge < -0.3 is 14.4 Å². The third-order valence-corrected chi connectivity index (χ3v) is 6.48. The molecule has 2 atom stereocenters. The first-order chi connectivity index (χ1) is 16.0. The van der Waals surface area contributed by atoms with E-state index in [2.05, 4.69) is 11.8 Å². The van der Waals surface area contributed by atoms with Gasteiger partial charge in [-0.1, -0.05) is 37.6 Å². The van der Waals surface area contributed by atoms with Crippen LogP contribution in [0.5, 0.6) is 0 Å². The molecule has 0 unspecified atom stereocenters. The number of nitrogens with zero attached hydrogens (tertiary/aromatic N) is 1. The third-order valence-electron chi connectivity index (χ3n) is 6.48. The molecule has 0 amide bonds. The van der Waals surface area contributed by atoms with Gasteiger partial charge in [-0.15, -0.1) is 0 Å². The minimum atomic E-state index is -0.370. The number of carbonyl (C=O) groups excluding carboxylic acids is 1. The lowest BCUT2D eigenvalue weighted by Gasteiger charge is -2.38. The van der Waals surface area contributed by atoms with Crippen LogP contribution in [0.4, 0.5) is 8.78 Å². The predicted octanol–water partition coefficient (Wildman–Crippen LogP) is 5.76. The Bertz CT molecular complexity index is 811. The van der Waals surface area contributed by atoms with Gasteiger partial charge in [0.15, 0.2) is 0 Å². The summed E-state index contributed by atoms with van der Waals surface area (Å²) in [5.41, 5.74) is 1.68. The Morgan fingerprint density at radius 2 is 1.61 bits per heavy atom. The molecule has 1 aliphatic heterocycles. The van der Waals surface area contributed by atoms with E-state index < -0.39 is 0 Å². The highest BCUT2D eigenvalue weighted by Gasteiger charge is 2.29. The van der Waals surface area contributed by atoms with E-state index in [4.69, 9.17) is 9.47 Å². The lowest BCUT2D eigenvalue weighted by Crippen LogP contribution is -2.41. The predicted molar refractivity (Wildman–Crippen MR) is 125 cm³/mol. The molecular weight excluding hydrogens is 424 g/mol. The van der Waals surface area contributed by atoms with Crippen molar-refractivity contribution in [2.24, 2.45) is 11.8 Å². The van der Waals surface area contributed by atoms with Gasteiger partial charge in [-0.05, 0) is 73.5 Å². The summed E-state index contributed by atoms with van der Waals surface area (Å²) in [5, 5.41) is 0. The van der Waals surface area contributed by atoms with Crippen LogP contribution < -0.4 is 0 Å². The summed E-state index contributed by atoms with van der Waals surface area (Å²) in [7, 11) is 0. The number of esters is 1. The summed E-state index contributed by atoms with van der Waals surface area (Å²) in [6.45, 7) is 7.88. The lowest BCUT2D eigenvalue weighted by molar-refractivity contribution is -0.145. The number of carbonyl (C=O) groups is 1. The van der Waals surface area contributed by atoms with E-state index in [9.17, 15) is 13.6 Å². The molecule has 4 nitrogen and oxygen atoms in total. The topological polar surface area (TPSA) is 38.8 Å². The van der Waals surface area contributed by atoms with Crippen LogP contribution in [0, 0.1) is 23.5 Å². The van der Waals surface area contributed by atoms with Gasteiger partial charge in [0.25, 0.3) is 0 Å². The van der Waals surface area contributed by atoms with E-state index in [0.29, 0.717) is 31.5 Å². The number of likely N-dealkylation sites (tertiary alicyclic amines) is 1. The van der Waals surface area contributed by atoms with E-state index in [1.165, 1.54) is 24.3 Å². The molecule has 0 N–H and O–H groups in total. The first-order valence-corrected chi connectivity index (χ1v) is 12.0. The van der Waals surface area contributed by atoms with Crippen molar-refractivity contribution in [3.63, 3.8) is 0 Å². The van der Waals surface area contributed by atoms with Crippen LogP contribution in [-0.2, 0) is 14.3 Å². The average molecular weight is 460 g/mol. The number of piperidine rings is 1. The van der Waals surface area contributed by atoms with Gasteiger partial charge in [0, 0.05) is 26.1 Å². The van der Waals surface area contributed by atoms with Gasteiger partial charge in [-0.3, -0.25) is 4.79 Å². The molecule has 0 aromatic heterocycles. The molecule has 1 saturated heterocycles. The highest BCUT2D eigenvalue weighted by Crippen LogP contribution is 2.30. The SMILES string of the molecule is CCOC(=O)C[C@H]1CCN(CCCOC(c2ccc(F)cc2)c2ccc(F)cc2)C[C@H]1CC. The molecular formula is C27H35F2NO3. The van der Waals surface area contributed by atoms with E-state index in [0.717, 1.165) is 50.0 Å². The van der Waals surface area contributed by atoms with Gasteiger partial charge >= 0.3 is 5.97 Å². The van der Waals surface area contributed by atoms with Crippen molar-refractivity contribution < 1.29 is 23.0 Å². The Kier molecular flexibility index (Phi) is 9.82. The molecule has 33 heavy (non-hydrogen) atoms. The van der Waals surface area contributed by atoms with Crippen LogP contribution in [0.2, 0.25) is 0 Å². The van der Waals surface area contributed by atoms with Crippen LogP contribution in [0.1, 0.15) is 56.8 Å². The van der Waals surface area contributed by atoms with Gasteiger partial charge in [0.2, 0.25) is 0 Å². The third kappa shape index (κ3) is 7.61. The Morgan fingerprint density at radius 3 is 2.15 bits per heavy atom. The molecule has 2 aromatic rings. The molecule has 0 spiro atoms. The number of hydrogen-bond acceptors (Lipinski definition) is 4. The van der Waals surface area contributed by atoms with Crippen molar-refractivity contribution in [2.75, 3.05) is 32.8 Å². The maximum Gasteiger partial charge on any atom is 0.306 e. The van der Waals surface area contributed by atoms with Crippen LogP contribution in [-0.4, -0.2) is 43.7 Å². The smallest absolute Gasteiger partial charge is 0.306 e. The van der Waals surface area contributed by atoms with E-state index in [-0.39, 0.29) is 23.7 Å². The normalized spacial score (nSPS) is 19.1. The Hall–Kier alpha value is -2.31. The molecule has 1 aliphatic rings. The van der Waals surface area contributed by atoms with Crippen LogP contribution >= 0.6 is 0 Å². The second kappa shape index (κ2) is 12.8. The summed E-state index contributed by atoms with van der Waals surface area (Å²) in [6.07, 6.45) is 3.06. The molecule has 1 heterocycles. The number of hydrogen-bond donors (Lipinski definition) is 0. The number of benzene rings is 2. The van der Waals surface area contributed by atoms with Gasteiger partial charge in [0.05, 0.1) is 6.61 Å². The fourth-order valence-corrected chi connectivity index (χ4v) is 4.67. The molecule has 3 rings (SSSR count). The molecule has 1 fully saturated rings. The molecule has 6 heteroatoms. The van der Waals surface area contributed by atoms with Gasteiger partial charge in [0.1, 0.15) is 17.7 Å². The summed E-state index contributed by atoms with van der Waals surface area (Å²) in [5.74, 6) is 0.204. The highest BCUT2D eigenvalue weighted by molar-refractivity contribution is 5.69. The zero-order valence-electron chi connectivity index (χ0n) is 19.6. The van der Waals surface area contributed by atoms with E-state index >= 15 is 0 Å². The first-order valence-electron chi connectivity index (χ1n) is 12.0. The summed E-state index contributed by atoms with van der Waals surface area (Å²) >= 11 is 0. The maximum atomic E-state index is 13.4. The molecule has 180 valence electrons. The summed E-state index contributed by atoms with van der Waals surface area (Å²) in [6, 6.07) is 12.5. The van der Waals surface area contributed by atoms with Gasteiger partial charge in [-0.25, -0.2) is 8.78 Å². The Labute approximate surface area is 195 Å². The quantitative estimate of drug-likeness (QED) is 0.316. The highest BCUT2D eigenvalue weighted by atomic mass is 19.1. The van der Waals surface area contributed by atoms with Crippen molar-refractivity contribution >= 4 is 5.97 Å². The van der Waals surface area contributed by atoms with Gasteiger partial charge in [-0.2, -0.15) is 0 Å². The number of halogens is 2. The fraction of sp³-hybridized carbons (Fsp3) is 0.519. The zero-order valence-corrected chi connectivity index (χ0v) is 19.6. The monoisotopic (exact) mass is 459 g/mol. The van der Waals surface area contributed by atoms with Crippen molar-refractivity contribution in [3.05, 3.63) is 71.3 Å². The van der Waals surface area contributed by atoms with Crippen LogP contribution in [0.25, 0.3) is 0 Å². The van der Waals surface area contributed by atoms with Crippen LogP contribution in [0.3, 0.4) is 0 Å². The van der Waals surface area contributed by atoms with Crippen molar-refractivity contribution in [2.45, 2.75) is 45.6 Å². The Balaban J connectivity index is 1.51. The molecule has 0 radical (unpaired) electrons. The second-order valence-electron chi connectivity index (χ2n) is 8.73. The fourth-order valence-electron chi connectivity index (χ4n) is 4.67. The molecule has 0 saturated carbocycles. The average Bonchev–Trinajstić information content (AvgIpc) is 2.81. The summed E-state index contributed by atoms with van der Waals surface area (Å²) < 4.78 is 38.1. The van der Waals surface area contributed by atoms with Crippen LogP contribution in [0.15, 0.2) is 48.5 Å². The van der Waals surface area contributed by atoms with E-state index in [1.54, 1.807) is 24.3 Å². The number of rotatable bonds is 11. The van der Waals surface area contributed by atoms with E-state index in [1.807, 2.05) is 6.92 Å². The lowest BCUT2D eigenvalue weighted by atomic mass is 9.81. The Morgan fingerprint density at radius 1 is 1.00 bits per heavy atom. The van der Waals surface area contributed by atoms with Crippen molar-refractivity contribution in [1.82, 2.24) is 4.90 Å². The summed E-state index contributed by atoms with van der Waals surface area (Å²) in [4.78, 5) is 14.4. The van der Waals surface area contributed by atoms with Crippen molar-refractivity contribution in [1.29, 1.82) is 0 Å². The maximum absolute atomic E-state index is 13.4. The number of ether oxygens (including phenoxy) is 2. The standard InChI is InChI=1S/C27H35F2NO3/c1-3-20-19-30(16-14-23(20)18-26(31)32-4-2)15-5-17-33-27(21-6-10-24(28)11-7-21)22-8-12-25(29)13-9-22/h6-13,20,23,27H,3-5,14-19H2,1-2H3/t20-,23-/m1/s1. The minimum absolute atomic E-state index is 0.0876. The molecule has 0 aliphatic carbocycles. The second-order valence-corrected chi connectivity index (χ2v) is 8.73. The molecule has 2 aromatic carbocycles.